The number of alkyl halides is 1. The number of unbranched alkanes of at least 4 members (excludes halogenated alkanes) is 1. The molecule has 0 unspecified atom stereocenters. The first kappa shape index (κ1) is 12.2. The van der Waals surface area contributed by atoms with Crippen molar-refractivity contribution >= 4 is 11.6 Å². The zero-order valence-electron chi connectivity index (χ0n) is 8.48. The van der Waals surface area contributed by atoms with Crippen LogP contribution in [-0.4, -0.2) is 30.4 Å². The monoisotopic (exact) mass is 191 g/mol. The van der Waals surface area contributed by atoms with Crippen LogP contribution in [-0.2, 0) is 0 Å². The van der Waals surface area contributed by atoms with Gasteiger partial charge in [-0.2, -0.15) is 0 Å². The molecule has 0 aromatic heterocycles. The Balaban J connectivity index is 3.40. The van der Waals surface area contributed by atoms with Gasteiger partial charge in [0.25, 0.3) is 0 Å². The lowest BCUT2D eigenvalue weighted by Gasteiger charge is -2.20. The van der Waals surface area contributed by atoms with E-state index in [4.69, 9.17) is 11.6 Å². The van der Waals surface area contributed by atoms with Gasteiger partial charge in [-0.15, -0.1) is 11.6 Å². The molecule has 0 aliphatic carbocycles. The van der Waals surface area contributed by atoms with E-state index in [-0.39, 0.29) is 0 Å². The van der Waals surface area contributed by atoms with E-state index in [1.54, 1.807) is 0 Å². The second-order valence-corrected chi connectivity index (χ2v) is 3.62. The number of hydrogen-bond donors (Lipinski definition) is 0. The van der Waals surface area contributed by atoms with Gasteiger partial charge in [-0.25, -0.2) is 0 Å². The van der Waals surface area contributed by atoms with Crippen LogP contribution in [0.5, 0.6) is 0 Å². The van der Waals surface area contributed by atoms with Gasteiger partial charge >= 0.3 is 0 Å². The van der Waals surface area contributed by atoms with Gasteiger partial charge in [-0.3, -0.25) is 0 Å². The van der Waals surface area contributed by atoms with Crippen molar-refractivity contribution in [2.24, 2.45) is 0 Å². The van der Waals surface area contributed by atoms with Gasteiger partial charge in [0.1, 0.15) is 0 Å². The zero-order chi connectivity index (χ0) is 9.23. The molecular formula is C10H22ClN. The molecule has 0 heterocycles. The van der Waals surface area contributed by atoms with Crippen LogP contribution in [0, 0.1) is 0 Å². The van der Waals surface area contributed by atoms with Crippen molar-refractivity contribution in [1.29, 1.82) is 0 Å². The van der Waals surface area contributed by atoms with E-state index in [2.05, 4.69) is 18.7 Å². The summed E-state index contributed by atoms with van der Waals surface area (Å²) in [5.74, 6) is 0.798. The highest BCUT2D eigenvalue weighted by Crippen LogP contribution is 1.99. The molecule has 0 rings (SSSR count). The maximum absolute atomic E-state index is 5.65. The summed E-state index contributed by atoms with van der Waals surface area (Å²) in [5.41, 5.74) is 0. The molecule has 1 nitrogen and oxygen atoms in total. The highest BCUT2D eigenvalue weighted by Gasteiger charge is 2.01. The lowest BCUT2D eigenvalue weighted by atomic mass is 10.3. The molecule has 0 saturated carbocycles. The van der Waals surface area contributed by atoms with E-state index in [0.717, 1.165) is 12.3 Å². The van der Waals surface area contributed by atoms with E-state index < -0.39 is 0 Å². The van der Waals surface area contributed by atoms with Crippen LogP contribution in [0.4, 0.5) is 0 Å². The van der Waals surface area contributed by atoms with Crippen molar-refractivity contribution in [3.05, 3.63) is 0 Å². The maximum atomic E-state index is 5.65. The van der Waals surface area contributed by atoms with Crippen LogP contribution in [0.3, 0.4) is 0 Å². The lowest BCUT2D eigenvalue weighted by Crippen LogP contribution is -2.27. The van der Waals surface area contributed by atoms with Crippen LogP contribution >= 0.6 is 11.6 Å². The second kappa shape index (κ2) is 9.34. The molecule has 0 spiro atoms. The predicted octanol–water partition coefficient (Wildman–Crippen LogP) is 3.13. The molecule has 0 aliphatic rings. The van der Waals surface area contributed by atoms with Crippen LogP contribution in [0.15, 0.2) is 0 Å². The third-order valence-electron chi connectivity index (χ3n) is 1.98. The average molecular weight is 192 g/mol. The molecular weight excluding hydrogens is 170 g/mol. The first-order chi connectivity index (χ1) is 5.85. The van der Waals surface area contributed by atoms with Gasteiger partial charge in [-0.05, 0) is 38.9 Å². The summed E-state index contributed by atoms with van der Waals surface area (Å²) in [7, 11) is 0. The van der Waals surface area contributed by atoms with Gasteiger partial charge in [-0.1, -0.05) is 20.3 Å². The van der Waals surface area contributed by atoms with Crippen LogP contribution in [0.1, 0.15) is 39.5 Å². The van der Waals surface area contributed by atoms with Crippen molar-refractivity contribution < 1.29 is 0 Å². The fourth-order valence-electron chi connectivity index (χ4n) is 1.32. The predicted molar refractivity (Wildman–Crippen MR) is 57.0 cm³/mol. The van der Waals surface area contributed by atoms with E-state index in [0.29, 0.717) is 0 Å². The molecule has 2 heteroatoms. The van der Waals surface area contributed by atoms with Crippen molar-refractivity contribution in [1.82, 2.24) is 4.90 Å². The van der Waals surface area contributed by atoms with Gasteiger partial charge in [0, 0.05) is 5.88 Å². The minimum absolute atomic E-state index is 0.798. The standard InChI is InChI=1S/C10H22ClN/c1-3-5-9-12(8-4-2)10-6-7-11/h3-10H2,1-2H3. The topological polar surface area (TPSA) is 3.24 Å². The maximum Gasteiger partial charge on any atom is 0.0235 e. The fourth-order valence-corrected chi connectivity index (χ4v) is 1.44. The van der Waals surface area contributed by atoms with Crippen LogP contribution < -0.4 is 0 Å². The zero-order valence-corrected chi connectivity index (χ0v) is 9.24. The number of nitrogens with zero attached hydrogens (tertiary/aromatic N) is 1. The summed E-state index contributed by atoms with van der Waals surface area (Å²) in [5, 5.41) is 0. The molecule has 0 fully saturated rings. The summed E-state index contributed by atoms with van der Waals surface area (Å²) in [6.07, 6.45) is 5.00. The Morgan fingerprint density at radius 1 is 0.917 bits per heavy atom. The molecule has 0 atom stereocenters. The Morgan fingerprint density at radius 3 is 2.08 bits per heavy atom. The lowest BCUT2D eigenvalue weighted by molar-refractivity contribution is 0.271. The average Bonchev–Trinajstić information content (AvgIpc) is 2.10. The molecule has 0 aromatic rings. The highest BCUT2D eigenvalue weighted by atomic mass is 35.5. The third-order valence-corrected chi connectivity index (χ3v) is 2.24. The highest BCUT2D eigenvalue weighted by molar-refractivity contribution is 6.17. The number of hydrogen-bond acceptors (Lipinski definition) is 1. The first-order valence-corrected chi connectivity index (χ1v) is 5.66. The second-order valence-electron chi connectivity index (χ2n) is 3.24. The van der Waals surface area contributed by atoms with E-state index in [9.17, 15) is 0 Å². The van der Waals surface area contributed by atoms with E-state index in [1.165, 1.54) is 38.9 Å². The fraction of sp³-hybridized carbons (Fsp3) is 1.00. The molecule has 0 aliphatic heterocycles. The van der Waals surface area contributed by atoms with E-state index >= 15 is 0 Å². The molecule has 0 N–H and O–H groups in total. The van der Waals surface area contributed by atoms with E-state index in [1.807, 2.05) is 0 Å². The van der Waals surface area contributed by atoms with Crippen molar-refractivity contribution in [3.63, 3.8) is 0 Å². The molecule has 0 amide bonds. The van der Waals surface area contributed by atoms with Gasteiger partial charge in [0.15, 0.2) is 0 Å². The number of rotatable bonds is 8. The Hall–Kier alpha value is 0.250. The smallest absolute Gasteiger partial charge is 0.0235 e. The normalized spacial score (nSPS) is 11.0. The van der Waals surface area contributed by atoms with Crippen molar-refractivity contribution in [3.8, 4) is 0 Å². The Morgan fingerprint density at radius 2 is 1.58 bits per heavy atom. The van der Waals surface area contributed by atoms with Gasteiger partial charge in [0.2, 0.25) is 0 Å². The summed E-state index contributed by atoms with van der Waals surface area (Å²) in [6.45, 7) is 8.14. The summed E-state index contributed by atoms with van der Waals surface area (Å²) in [6, 6.07) is 0. The largest absolute Gasteiger partial charge is 0.303 e. The molecule has 0 aromatic carbocycles. The quantitative estimate of drug-likeness (QED) is 0.533. The van der Waals surface area contributed by atoms with Crippen molar-refractivity contribution in [2.45, 2.75) is 39.5 Å². The van der Waals surface area contributed by atoms with Crippen LogP contribution in [0.2, 0.25) is 0 Å². The number of halogens is 1. The minimum Gasteiger partial charge on any atom is -0.303 e. The SMILES string of the molecule is CCCCN(CCC)CCCCl. The van der Waals surface area contributed by atoms with Gasteiger partial charge < -0.3 is 4.90 Å². The summed E-state index contributed by atoms with van der Waals surface area (Å²) in [4.78, 5) is 2.52. The molecule has 0 bridgehead atoms. The first-order valence-electron chi connectivity index (χ1n) is 5.13. The Labute approximate surface area is 82.1 Å². The van der Waals surface area contributed by atoms with Crippen molar-refractivity contribution in [2.75, 3.05) is 25.5 Å². The summed E-state index contributed by atoms with van der Waals surface area (Å²) < 4.78 is 0. The molecule has 0 saturated heterocycles. The molecule has 12 heavy (non-hydrogen) atoms. The minimum atomic E-state index is 0.798. The Kier molecular flexibility index (Phi) is 9.53. The molecule has 74 valence electrons. The third kappa shape index (κ3) is 6.93. The van der Waals surface area contributed by atoms with Gasteiger partial charge in [0.05, 0.1) is 0 Å². The Bertz CT molecular complexity index is 77.9. The molecule has 0 radical (unpaired) electrons. The summed E-state index contributed by atoms with van der Waals surface area (Å²) >= 11 is 5.65. The van der Waals surface area contributed by atoms with Crippen LogP contribution in [0.25, 0.3) is 0 Å².